The molecule has 1 unspecified atom stereocenters. The van der Waals surface area contributed by atoms with Gasteiger partial charge in [-0.25, -0.2) is 9.98 Å². The molecule has 0 saturated carbocycles. The fourth-order valence-electron chi connectivity index (χ4n) is 8.90. The molecule has 12 rings (SSSR count). The lowest BCUT2D eigenvalue weighted by Gasteiger charge is -2.32. The Morgan fingerprint density at radius 2 is 1.10 bits per heavy atom. The maximum Gasteiger partial charge on any atom is 0.159 e. The van der Waals surface area contributed by atoms with Gasteiger partial charge in [0.25, 0.3) is 0 Å². The zero-order valence-electron chi connectivity index (χ0n) is 31.5. The summed E-state index contributed by atoms with van der Waals surface area (Å²) in [4.78, 5) is 12.6. The highest BCUT2D eigenvalue weighted by Crippen LogP contribution is 2.40. The van der Waals surface area contributed by atoms with Gasteiger partial charge in [0.05, 0.1) is 11.0 Å². The van der Waals surface area contributed by atoms with E-state index in [9.17, 15) is 0 Å². The minimum atomic E-state index is -0.249. The van der Waals surface area contributed by atoms with Gasteiger partial charge in [-0.2, -0.15) is 0 Å². The van der Waals surface area contributed by atoms with Crippen LogP contribution < -0.4 is 0 Å². The standard InChI is InChI=1S/C52H34N4O2/c1-55-51(33-15-6-3-7-16-33)53-50(32-13-4-2-5-14-32)54-52(55)41-19-12-22-46-49(41)42-29-34(24-28-45(42)57-46)35-23-26-39-40-27-25-36(31-48(40)58-47(39)30-35)56-43-20-10-8-17-37(43)38-18-9-11-21-44(38)56/h2-31,51H,1H3. The Bertz CT molecular complexity index is 3430. The van der Waals surface area contributed by atoms with Gasteiger partial charge in [0.15, 0.2) is 5.84 Å². The number of nitrogens with zero attached hydrogens (tertiary/aromatic N) is 4. The van der Waals surface area contributed by atoms with Crippen molar-refractivity contribution in [3.8, 4) is 16.8 Å². The first-order valence-corrected chi connectivity index (χ1v) is 19.6. The van der Waals surface area contributed by atoms with Gasteiger partial charge in [0.1, 0.15) is 34.3 Å². The first kappa shape index (κ1) is 32.5. The topological polar surface area (TPSA) is 59.2 Å². The van der Waals surface area contributed by atoms with Crippen molar-refractivity contribution < 1.29 is 8.83 Å². The molecule has 0 N–H and O–H groups in total. The maximum atomic E-state index is 6.66. The summed E-state index contributed by atoms with van der Waals surface area (Å²) < 4.78 is 15.5. The number of aliphatic imine (C=N–C) groups is 2. The Balaban J connectivity index is 0.971. The highest BCUT2D eigenvalue weighted by Gasteiger charge is 2.29. The average Bonchev–Trinajstić information content (AvgIpc) is 3.96. The van der Waals surface area contributed by atoms with Crippen LogP contribution in [0.5, 0.6) is 0 Å². The van der Waals surface area contributed by atoms with Crippen molar-refractivity contribution in [2.24, 2.45) is 9.98 Å². The quantitative estimate of drug-likeness (QED) is 0.176. The van der Waals surface area contributed by atoms with Crippen LogP contribution >= 0.6 is 0 Å². The van der Waals surface area contributed by atoms with E-state index < -0.39 is 0 Å². The van der Waals surface area contributed by atoms with E-state index in [0.29, 0.717) is 5.84 Å². The summed E-state index contributed by atoms with van der Waals surface area (Å²) in [6, 6.07) is 63.5. The second-order valence-corrected chi connectivity index (χ2v) is 15.0. The molecule has 4 heterocycles. The van der Waals surface area contributed by atoms with Gasteiger partial charge >= 0.3 is 0 Å². The number of hydrogen-bond donors (Lipinski definition) is 0. The third-order valence-electron chi connectivity index (χ3n) is 11.7. The van der Waals surface area contributed by atoms with Gasteiger partial charge in [-0.3, -0.25) is 0 Å². The Kier molecular flexibility index (Phi) is 7.10. The number of benzene rings is 8. The highest BCUT2D eigenvalue weighted by molar-refractivity contribution is 6.22. The second-order valence-electron chi connectivity index (χ2n) is 15.0. The van der Waals surface area contributed by atoms with Gasteiger partial charge in [-0.05, 0) is 71.3 Å². The fourth-order valence-corrected chi connectivity index (χ4v) is 8.90. The lowest BCUT2D eigenvalue weighted by Crippen LogP contribution is -2.35. The van der Waals surface area contributed by atoms with Crippen molar-refractivity contribution in [3.05, 3.63) is 199 Å². The molecule has 11 aromatic rings. The molecular formula is C52H34N4O2. The van der Waals surface area contributed by atoms with Crippen LogP contribution in [0.1, 0.15) is 22.9 Å². The van der Waals surface area contributed by atoms with Crippen molar-refractivity contribution in [2.45, 2.75) is 6.17 Å². The molecule has 0 saturated heterocycles. The van der Waals surface area contributed by atoms with Gasteiger partial charge < -0.3 is 18.3 Å². The van der Waals surface area contributed by atoms with Crippen LogP contribution in [0, 0.1) is 0 Å². The molecule has 0 fully saturated rings. The van der Waals surface area contributed by atoms with Crippen molar-refractivity contribution in [1.82, 2.24) is 9.47 Å². The number of hydrogen-bond acceptors (Lipinski definition) is 5. The van der Waals surface area contributed by atoms with E-state index in [2.05, 4.69) is 162 Å². The number of para-hydroxylation sites is 2. The van der Waals surface area contributed by atoms with Crippen molar-refractivity contribution >= 4 is 77.4 Å². The zero-order chi connectivity index (χ0) is 38.3. The van der Waals surface area contributed by atoms with Crippen LogP contribution in [0.2, 0.25) is 0 Å². The van der Waals surface area contributed by atoms with Crippen molar-refractivity contribution in [3.63, 3.8) is 0 Å². The summed E-state index contributed by atoms with van der Waals surface area (Å²) >= 11 is 0. The minimum absolute atomic E-state index is 0.249. The molecule has 274 valence electrons. The lowest BCUT2D eigenvalue weighted by molar-refractivity contribution is 0.383. The summed E-state index contributed by atoms with van der Waals surface area (Å²) in [6.07, 6.45) is -0.249. The molecule has 0 spiro atoms. The zero-order valence-corrected chi connectivity index (χ0v) is 31.5. The minimum Gasteiger partial charge on any atom is -0.456 e. The average molecular weight is 747 g/mol. The summed E-state index contributed by atoms with van der Waals surface area (Å²) in [5, 5.41) is 6.71. The smallest absolute Gasteiger partial charge is 0.159 e. The van der Waals surface area contributed by atoms with E-state index in [-0.39, 0.29) is 6.17 Å². The van der Waals surface area contributed by atoms with Crippen LogP contribution in [0.4, 0.5) is 0 Å². The van der Waals surface area contributed by atoms with Crippen LogP contribution in [-0.2, 0) is 0 Å². The van der Waals surface area contributed by atoms with Crippen molar-refractivity contribution in [2.75, 3.05) is 7.05 Å². The normalized spacial score (nSPS) is 14.6. The second kappa shape index (κ2) is 12.7. The third-order valence-corrected chi connectivity index (χ3v) is 11.7. The molecule has 0 aliphatic carbocycles. The number of furan rings is 2. The van der Waals surface area contributed by atoms with Crippen LogP contribution in [-0.4, -0.2) is 28.2 Å². The van der Waals surface area contributed by atoms with Gasteiger partial charge in [-0.1, -0.05) is 121 Å². The Labute approximate surface area is 333 Å². The van der Waals surface area contributed by atoms with E-state index >= 15 is 0 Å². The molecule has 1 aliphatic heterocycles. The summed E-state index contributed by atoms with van der Waals surface area (Å²) in [7, 11) is 2.07. The van der Waals surface area contributed by atoms with Gasteiger partial charge in [0.2, 0.25) is 0 Å². The fraction of sp³-hybridized carbons (Fsp3) is 0.0385. The molecule has 58 heavy (non-hydrogen) atoms. The maximum absolute atomic E-state index is 6.66. The largest absolute Gasteiger partial charge is 0.456 e. The van der Waals surface area contributed by atoms with E-state index in [1.807, 2.05) is 36.4 Å². The first-order valence-electron chi connectivity index (χ1n) is 19.6. The molecule has 0 bridgehead atoms. The lowest BCUT2D eigenvalue weighted by atomic mass is 9.99. The Hall–Kier alpha value is -7.70. The molecule has 8 aromatic carbocycles. The van der Waals surface area contributed by atoms with E-state index in [0.717, 1.165) is 83.2 Å². The molecule has 0 amide bonds. The monoisotopic (exact) mass is 746 g/mol. The highest BCUT2D eigenvalue weighted by atomic mass is 16.3. The van der Waals surface area contributed by atoms with Crippen LogP contribution in [0.3, 0.4) is 0 Å². The molecule has 6 heteroatoms. The summed E-state index contributed by atoms with van der Waals surface area (Å²) in [5.74, 6) is 1.54. The van der Waals surface area contributed by atoms with Crippen molar-refractivity contribution in [1.29, 1.82) is 0 Å². The molecule has 1 aliphatic rings. The number of fused-ring (bicyclic) bond motifs is 9. The number of rotatable bonds is 5. The Morgan fingerprint density at radius 1 is 0.466 bits per heavy atom. The summed E-state index contributed by atoms with van der Waals surface area (Å²) in [6.45, 7) is 0. The number of aromatic nitrogens is 1. The van der Waals surface area contributed by atoms with E-state index in [4.69, 9.17) is 18.8 Å². The predicted octanol–water partition coefficient (Wildman–Crippen LogP) is 13.1. The Morgan fingerprint density at radius 3 is 1.88 bits per heavy atom. The van der Waals surface area contributed by atoms with E-state index in [1.165, 1.54) is 21.8 Å². The van der Waals surface area contributed by atoms with E-state index in [1.54, 1.807) is 0 Å². The van der Waals surface area contributed by atoms with Crippen LogP contribution in [0.15, 0.2) is 201 Å². The van der Waals surface area contributed by atoms with Gasteiger partial charge in [-0.15, -0.1) is 0 Å². The third kappa shape index (κ3) is 4.98. The van der Waals surface area contributed by atoms with Crippen LogP contribution in [0.25, 0.3) is 82.5 Å². The molecule has 6 nitrogen and oxygen atoms in total. The molecular weight excluding hydrogens is 713 g/mol. The van der Waals surface area contributed by atoms with Gasteiger partial charge in [0, 0.05) is 62.2 Å². The summed E-state index contributed by atoms with van der Waals surface area (Å²) in [5.41, 5.74) is 12.0. The SMILES string of the molecule is CN1C(c2cccc3oc4ccc(-c5ccc6c(c5)oc5cc(-n7c8ccccc8c8ccccc87)ccc56)cc4c23)=NC(c2ccccc2)=NC1c1ccccc1. The molecule has 1 atom stereocenters. The first-order chi connectivity index (χ1) is 28.7. The molecule has 3 aromatic heterocycles. The molecule has 0 radical (unpaired) electrons. The predicted molar refractivity (Wildman–Crippen MR) is 237 cm³/mol. The number of amidine groups is 2.